The summed E-state index contributed by atoms with van der Waals surface area (Å²) in [6.07, 6.45) is 6.23. The van der Waals surface area contributed by atoms with Crippen molar-refractivity contribution in [2.24, 2.45) is 5.92 Å². The summed E-state index contributed by atoms with van der Waals surface area (Å²) in [6, 6.07) is 0. The number of thiazole rings is 1. The highest BCUT2D eigenvalue weighted by Gasteiger charge is 2.29. The molecule has 106 valence electrons. The monoisotopic (exact) mass is 283 g/mol. The molecule has 1 aromatic rings. The minimum absolute atomic E-state index is 0.0161. The number of hydrogen-bond acceptors (Lipinski definition) is 5. The van der Waals surface area contributed by atoms with Crippen molar-refractivity contribution in [3.05, 3.63) is 15.6 Å². The fourth-order valence-electron chi connectivity index (χ4n) is 2.75. The van der Waals surface area contributed by atoms with Gasteiger partial charge in [0.25, 0.3) is 0 Å². The number of nitrogens with zero attached hydrogens (tertiary/aromatic N) is 1. The first-order valence-electron chi connectivity index (χ1n) is 6.75. The summed E-state index contributed by atoms with van der Waals surface area (Å²) in [5.74, 6) is 0.217. The molecule has 0 saturated heterocycles. The van der Waals surface area contributed by atoms with Crippen LogP contribution in [-0.2, 0) is 9.47 Å². The van der Waals surface area contributed by atoms with Crippen LogP contribution in [-0.4, -0.2) is 25.2 Å². The summed E-state index contributed by atoms with van der Waals surface area (Å²) in [4.78, 5) is 16.8. The molecule has 0 amide bonds. The van der Waals surface area contributed by atoms with Crippen molar-refractivity contribution >= 4 is 17.3 Å². The van der Waals surface area contributed by atoms with E-state index in [0.717, 1.165) is 10.7 Å². The highest BCUT2D eigenvalue weighted by atomic mass is 32.1. The van der Waals surface area contributed by atoms with Gasteiger partial charge in [-0.05, 0) is 25.7 Å². The zero-order valence-electron chi connectivity index (χ0n) is 11.8. The van der Waals surface area contributed by atoms with Crippen molar-refractivity contribution < 1.29 is 14.3 Å². The molecule has 1 fully saturated rings. The smallest absolute Gasteiger partial charge is 0.349 e. The molecule has 0 bridgehead atoms. The van der Waals surface area contributed by atoms with Gasteiger partial charge in [0.2, 0.25) is 0 Å². The van der Waals surface area contributed by atoms with Gasteiger partial charge in [0.05, 0.1) is 12.8 Å². The van der Waals surface area contributed by atoms with Crippen LogP contribution < -0.4 is 0 Å². The summed E-state index contributed by atoms with van der Waals surface area (Å²) in [5, 5.41) is 0.910. The minimum atomic E-state index is -0.306. The molecule has 5 heteroatoms. The number of ether oxygens (including phenoxy) is 2. The van der Waals surface area contributed by atoms with E-state index in [1.165, 1.54) is 50.6 Å². The van der Waals surface area contributed by atoms with Gasteiger partial charge in [0.15, 0.2) is 0 Å². The van der Waals surface area contributed by atoms with Gasteiger partial charge < -0.3 is 9.47 Å². The van der Waals surface area contributed by atoms with Gasteiger partial charge in [0, 0.05) is 7.11 Å². The topological polar surface area (TPSA) is 48.4 Å². The van der Waals surface area contributed by atoms with Gasteiger partial charge in [-0.1, -0.05) is 19.3 Å². The van der Waals surface area contributed by atoms with E-state index in [0.29, 0.717) is 10.8 Å². The third-order valence-electron chi connectivity index (χ3n) is 3.76. The van der Waals surface area contributed by atoms with E-state index >= 15 is 0 Å². The van der Waals surface area contributed by atoms with E-state index in [2.05, 4.69) is 4.98 Å². The van der Waals surface area contributed by atoms with Gasteiger partial charge in [-0.2, -0.15) is 0 Å². The summed E-state index contributed by atoms with van der Waals surface area (Å²) in [7, 11) is 3.13. The zero-order valence-corrected chi connectivity index (χ0v) is 12.6. The molecule has 1 aliphatic carbocycles. The first-order valence-corrected chi connectivity index (χ1v) is 7.57. The normalized spacial score (nSPS) is 18.3. The largest absolute Gasteiger partial charge is 0.465 e. The number of esters is 1. The van der Waals surface area contributed by atoms with E-state index in [9.17, 15) is 4.79 Å². The van der Waals surface area contributed by atoms with E-state index in [4.69, 9.17) is 9.47 Å². The van der Waals surface area contributed by atoms with E-state index < -0.39 is 0 Å². The van der Waals surface area contributed by atoms with Crippen LogP contribution in [0.2, 0.25) is 0 Å². The predicted octanol–water partition coefficient (Wildman–Crippen LogP) is 3.51. The lowest BCUT2D eigenvalue weighted by atomic mass is 9.85. The lowest BCUT2D eigenvalue weighted by Crippen LogP contribution is -2.17. The van der Waals surface area contributed by atoms with Gasteiger partial charge in [-0.15, -0.1) is 11.3 Å². The molecular formula is C14H21NO3S. The number of methoxy groups -OCH3 is 2. The Kier molecular flexibility index (Phi) is 4.93. The quantitative estimate of drug-likeness (QED) is 0.793. The summed E-state index contributed by atoms with van der Waals surface area (Å²) < 4.78 is 10.4. The highest BCUT2D eigenvalue weighted by Crippen LogP contribution is 2.38. The van der Waals surface area contributed by atoms with Crippen LogP contribution in [0, 0.1) is 12.8 Å². The Hall–Kier alpha value is -0.940. The van der Waals surface area contributed by atoms with Crippen molar-refractivity contribution in [2.75, 3.05) is 14.2 Å². The van der Waals surface area contributed by atoms with Gasteiger partial charge >= 0.3 is 5.97 Å². The van der Waals surface area contributed by atoms with Crippen molar-refractivity contribution in [2.45, 2.75) is 45.1 Å². The van der Waals surface area contributed by atoms with E-state index in [1.54, 1.807) is 7.11 Å². The summed E-state index contributed by atoms with van der Waals surface area (Å²) >= 11 is 1.41. The third-order valence-corrected chi connectivity index (χ3v) is 4.96. The second-order valence-electron chi connectivity index (χ2n) is 5.01. The third kappa shape index (κ3) is 3.15. The molecule has 1 atom stereocenters. The first-order chi connectivity index (χ1) is 9.17. The average molecular weight is 283 g/mol. The Morgan fingerprint density at radius 3 is 2.58 bits per heavy atom. The maximum absolute atomic E-state index is 11.6. The van der Waals surface area contributed by atoms with E-state index in [-0.39, 0.29) is 12.1 Å². The minimum Gasteiger partial charge on any atom is -0.465 e. The Balaban J connectivity index is 2.20. The second kappa shape index (κ2) is 6.48. The molecule has 0 spiro atoms. The molecule has 1 aliphatic rings. The SMILES string of the molecule is COC(=O)c1sc(C(OC)C2CCCCC2)nc1C. The molecule has 0 aromatic carbocycles. The van der Waals surface area contributed by atoms with Crippen molar-refractivity contribution in [3.8, 4) is 0 Å². The van der Waals surface area contributed by atoms with Gasteiger partial charge in [-0.3, -0.25) is 0 Å². The van der Waals surface area contributed by atoms with E-state index in [1.807, 2.05) is 6.92 Å². The zero-order chi connectivity index (χ0) is 13.8. The molecule has 4 nitrogen and oxygen atoms in total. The molecule has 0 radical (unpaired) electrons. The molecule has 2 rings (SSSR count). The molecule has 1 aromatic heterocycles. The fraction of sp³-hybridized carbons (Fsp3) is 0.714. The Bertz CT molecular complexity index is 438. The lowest BCUT2D eigenvalue weighted by Gasteiger charge is -2.27. The Morgan fingerprint density at radius 1 is 1.32 bits per heavy atom. The number of aryl methyl sites for hydroxylation is 1. The van der Waals surface area contributed by atoms with Crippen LogP contribution in [0.4, 0.5) is 0 Å². The summed E-state index contributed by atoms with van der Waals surface area (Å²) in [6.45, 7) is 1.85. The molecule has 19 heavy (non-hydrogen) atoms. The Morgan fingerprint density at radius 2 is 2.00 bits per heavy atom. The van der Waals surface area contributed by atoms with Crippen LogP contribution in [0.25, 0.3) is 0 Å². The fourth-order valence-corrected chi connectivity index (χ4v) is 3.91. The number of rotatable bonds is 4. The maximum Gasteiger partial charge on any atom is 0.349 e. The molecule has 0 aliphatic heterocycles. The average Bonchev–Trinajstić information content (AvgIpc) is 2.82. The maximum atomic E-state index is 11.6. The second-order valence-corrected chi connectivity index (χ2v) is 6.04. The van der Waals surface area contributed by atoms with Gasteiger partial charge in [-0.25, -0.2) is 9.78 Å². The van der Waals surface area contributed by atoms with Crippen LogP contribution in [0.15, 0.2) is 0 Å². The van der Waals surface area contributed by atoms with Crippen LogP contribution >= 0.6 is 11.3 Å². The lowest BCUT2D eigenvalue weighted by molar-refractivity contribution is 0.0352. The molecule has 0 N–H and O–H groups in total. The predicted molar refractivity (Wildman–Crippen MR) is 74.5 cm³/mol. The van der Waals surface area contributed by atoms with Gasteiger partial charge in [0.1, 0.15) is 16.0 Å². The standard InChI is InChI=1S/C14H21NO3S/c1-9-12(14(16)18-3)19-13(15-9)11(17-2)10-7-5-4-6-8-10/h10-11H,4-8H2,1-3H3. The van der Waals surface area contributed by atoms with Crippen LogP contribution in [0.5, 0.6) is 0 Å². The number of carbonyl (C=O) groups is 1. The van der Waals surface area contributed by atoms with Crippen molar-refractivity contribution in [1.29, 1.82) is 0 Å². The Labute approximate surface area is 118 Å². The number of hydrogen-bond donors (Lipinski definition) is 0. The summed E-state index contributed by atoms with van der Waals surface area (Å²) in [5.41, 5.74) is 0.740. The van der Waals surface area contributed by atoms with Crippen LogP contribution in [0.3, 0.4) is 0 Å². The molecule has 1 heterocycles. The first kappa shape index (κ1) is 14.5. The van der Waals surface area contributed by atoms with Crippen molar-refractivity contribution in [1.82, 2.24) is 4.98 Å². The molecular weight excluding hydrogens is 262 g/mol. The number of aromatic nitrogens is 1. The van der Waals surface area contributed by atoms with Crippen LogP contribution in [0.1, 0.15) is 58.6 Å². The molecule has 1 unspecified atom stereocenters. The number of carbonyl (C=O) groups excluding carboxylic acids is 1. The molecule has 1 saturated carbocycles. The van der Waals surface area contributed by atoms with Crippen molar-refractivity contribution in [3.63, 3.8) is 0 Å². The highest BCUT2D eigenvalue weighted by molar-refractivity contribution is 7.13.